The van der Waals surface area contributed by atoms with Crippen LogP contribution in [0.5, 0.6) is 0 Å². The number of nitrogen functional groups attached to an aromatic ring is 2. The van der Waals surface area contributed by atoms with Gasteiger partial charge in [0.05, 0.1) is 10.7 Å². The van der Waals surface area contributed by atoms with Crippen LogP contribution in [-0.4, -0.2) is 32.1 Å². The van der Waals surface area contributed by atoms with Gasteiger partial charge in [-0.3, -0.25) is 0 Å². The molecule has 0 amide bonds. The Kier molecular flexibility index (Phi) is 5.15. The molecule has 2 aromatic heterocycles. The maximum absolute atomic E-state index is 6.13. The summed E-state index contributed by atoms with van der Waals surface area (Å²) in [7, 11) is 0. The molecule has 9 heteroatoms. The molecular weight excluding hydrogens is 352 g/mol. The molecule has 0 saturated heterocycles. The van der Waals surface area contributed by atoms with E-state index in [-0.39, 0.29) is 6.04 Å². The second kappa shape index (κ2) is 7.35. The molecule has 8 nitrogen and oxygen atoms in total. The molecule has 2 heterocycles. The van der Waals surface area contributed by atoms with Crippen molar-refractivity contribution in [3.05, 3.63) is 34.6 Å². The zero-order chi connectivity index (χ0) is 18.8. The maximum atomic E-state index is 6.13. The monoisotopic (exact) mass is 374 g/mol. The zero-order valence-electron chi connectivity index (χ0n) is 14.8. The SMILES string of the molecule is CCn1c(Cc2cccc(Cl)c2N)nc2c(N)nc(NCC(C)N)nc21. The predicted molar refractivity (Wildman–Crippen MR) is 106 cm³/mol. The first-order chi connectivity index (χ1) is 12.4. The minimum Gasteiger partial charge on any atom is -0.397 e. The van der Waals surface area contributed by atoms with E-state index in [1.807, 2.05) is 30.5 Å². The van der Waals surface area contributed by atoms with E-state index in [9.17, 15) is 0 Å². The third-order valence-electron chi connectivity index (χ3n) is 4.09. The van der Waals surface area contributed by atoms with Crippen LogP contribution in [0.2, 0.25) is 5.02 Å². The number of benzene rings is 1. The van der Waals surface area contributed by atoms with E-state index in [1.54, 1.807) is 6.07 Å². The van der Waals surface area contributed by atoms with E-state index in [2.05, 4.69) is 20.3 Å². The van der Waals surface area contributed by atoms with Gasteiger partial charge in [0, 0.05) is 25.6 Å². The Morgan fingerprint density at radius 3 is 2.69 bits per heavy atom. The van der Waals surface area contributed by atoms with E-state index < -0.39 is 0 Å². The van der Waals surface area contributed by atoms with Crippen LogP contribution in [0.25, 0.3) is 11.2 Å². The van der Waals surface area contributed by atoms with E-state index in [1.165, 1.54) is 0 Å². The fourth-order valence-corrected chi connectivity index (χ4v) is 2.97. The topological polar surface area (TPSA) is 134 Å². The Labute approximate surface area is 156 Å². The summed E-state index contributed by atoms with van der Waals surface area (Å²) in [5.41, 5.74) is 20.7. The number of fused-ring (bicyclic) bond motifs is 1. The highest BCUT2D eigenvalue weighted by Gasteiger charge is 2.17. The first-order valence-electron chi connectivity index (χ1n) is 8.45. The van der Waals surface area contributed by atoms with Crippen LogP contribution in [0.1, 0.15) is 25.2 Å². The number of para-hydroxylation sites is 1. The van der Waals surface area contributed by atoms with E-state index in [0.29, 0.717) is 53.2 Å². The van der Waals surface area contributed by atoms with Crippen molar-refractivity contribution in [1.29, 1.82) is 0 Å². The zero-order valence-corrected chi connectivity index (χ0v) is 15.6. The molecule has 1 unspecified atom stereocenters. The lowest BCUT2D eigenvalue weighted by atomic mass is 10.1. The van der Waals surface area contributed by atoms with Gasteiger partial charge in [-0.25, -0.2) is 4.98 Å². The fourth-order valence-electron chi connectivity index (χ4n) is 2.77. The van der Waals surface area contributed by atoms with Gasteiger partial charge in [-0.1, -0.05) is 23.7 Å². The molecule has 7 N–H and O–H groups in total. The summed E-state index contributed by atoms with van der Waals surface area (Å²) < 4.78 is 2.00. The standard InChI is InChI=1S/C17H23ClN8/c1-3-26-12(7-10-5-4-6-11(18)13(10)20)23-14-15(21)24-17(25-16(14)26)22-8-9(2)19/h4-6,9H,3,7-8,19-20H2,1-2H3,(H3,21,22,24,25). The number of rotatable bonds is 6. The minimum absolute atomic E-state index is 0.0204. The van der Waals surface area contributed by atoms with Crippen LogP contribution < -0.4 is 22.5 Å². The largest absolute Gasteiger partial charge is 0.397 e. The van der Waals surface area contributed by atoms with Gasteiger partial charge in [-0.05, 0) is 25.5 Å². The molecule has 0 bridgehead atoms. The lowest BCUT2D eigenvalue weighted by molar-refractivity contribution is 0.726. The summed E-state index contributed by atoms with van der Waals surface area (Å²) in [6.07, 6.45) is 0.526. The maximum Gasteiger partial charge on any atom is 0.226 e. The fraction of sp³-hybridized carbons (Fsp3) is 0.353. The molecule has 0 aliphatic heterocycles. The predicted octanol–water partition coefficient (Wildman–Crippen LogP) is 2.01. The molecular formula is C17H23ClN8. The number of nitrogens with zero attached hydrogens (tertiary/aromatic N) is 4. The van der Waals surface area contributed by atoms with Crippen molar-refractivity contribution in [3.63, 3.8) is 0 Å². The number of imidazole rings is 1. The van der Waals surface area contributed by atoms with Gasteiger partial charge in [0.2, 0.25) is 5.95 Å². The molecule has 0 aliphatic rings. The smallest absolute Gasteiger partial charge is 0.226 e. The quantitative estimate of drug-likeness (QED) is 0.485. The van der Waals surface area contributed by atoms with Crippen molar-refractivity contribution in [1.82, 2.24) is 19.5 Å². The van der Waals surface area contributed by atoms with Crippen molar-refractivity contribution < 1.29 is 0 Å². The number of aryl methyl sites for hydroxylation is 1. The van der Waals surface area contributed by atoms with Gasteiger partial charge in [0.15, 0.2) is 17.0 Å². The van der Waals surface area contributed by atoms with Crippen molar-refractivity contribution in [2.75, 3.05) is 23.3 Å². The number of hydrogen-bond acceptors (Lipinski definition) is 7. The van der Waals surface area contributed by atoms with E-state index >= 15 is 0 Å². The molecule has 0 radical (unpaired) electrons. The summed E-state index contributed by atoms with van der Waals surface area (Å²) in [6.45, 7) is 5.17. The van der Waals surface area contributed by atoms with Gasteiger partial charge in [-0.2, -0.15) is 9.97 Å². The number of halogens is 1. The summed E-state index contributed by atoms with van der Waals surface area (Å²) in [5, 5.41) is 3.63. The highest BCUT2D eigenvalue weighted by Crippen LogP contribution is 2.27. The van der Waals surface area contributed by atoms with Crippen LogP contribution in [0, 0.1) is 0 Å². The highest BCUT2D eigenvalue weighted by molar-refractivity contribution is 6.33. The van der Waals surface area contributed by atoms with Crippen LogP contribution in [0.15, 0.2) is 18.2 Å². The number of hydrogen-bond donors (Lipinski definition) is 4. The Hall–Kier alpha value is -2.58. The van der Waals surface area contributed by atoms with E-state index in [0.717, 1.165) is 11.4 Å². The van der Waals surface area contributed by atoms with Crippen LogP contribution in [0.3, 0.4) is 0 Å². The lowest BCUT2D eigenvalue weighted by Crippen LogP contribution is -2.26. The molecule has 138 valence electrons. The van der Waals surface area contributed by atoms with Crippen LogP contribution in [-0.2, 0) is 13.0 Å². The Morgan fingerprint density at radius 1 is 1.23 bits per heavy atom. The highest BCUT2D eigenvalue weighted by atomic mass is 35.5. The first-order valence-corrected chi connectivity index (χ1v) is 8.83. The molecule has 0 aliphatic carbocycles. The van der Waals surface area contributed by atoms with Crippen molar-refractivity contribution >= 4 is 40.2 Å². The molecule has 26 heavy (non-hydrogen) atoms. The normalized spacial score (nSPS) is 12.5. The molecule has 3 rings (SSSR count). The average molecular weight is 375 g/mol. The molecule has 1 aromatic carbocycles. The van der Waals surface area contributed by atoms with Crippen LogP contribution >= 0.6 is 11.6 Å². The molecule has 0 saturated carbocycles. The van der Waals surface area contributed by atoms with Crippen LogP contribution in [0.4, 0.5) is 17.5 Å². The number of anilines is 3. The second-order valence-corrected chi connectivity index (χ2v) is 6.63. The van der Waals surface area contributed by atoms with Crippen molar-refractivity contribution in [2.24, 2.45) is 5.73 Å². The van der Waals surface area contributed by atoms with Gasteiger partial charge in [-0.15, -0.1) is 0 Å². The summed E-state index contributed by atoms with van der Waals surface area (Å²) >= 11 is 6.13. The molecule has 1 atom stereocenters. The number of nitrogens with two attached hydrogens (primary N) is 3. The molecule has 0 fully saturated rings. The Balaban J connectivity index is 2.03. The summed E-state index contributed by atoms with van der Waals surface area (Å²) in [5.74, 6) is 1.58. The summed E-state index contributed by atoms with van der Waals surface area (Å²) in [4.78, 5) is 13.5. The van der Waals surface area contributed by atoms with Gasteiger partial charge in [0.25, 0.3) is 0 Å². The van der Waals surface area contributed by atoms with Gasteiger partial charge >= 0.3 is 0 Å². The first kappa shape index (κ1) is 18.2. The van der Waals surface area contributed by atoms with Gasteiger partial charge in [0.1, 0.15) is 5.82 Å². The Morgan fingerprint density at radius 2 is 2.00 bits per heavy atom. The summed E-state index contributed by atoms with van der Waals surface area (Å²) in [6, 6.07) is 5.55. The average Bonchev–Trinajstić information content (AvgIpc) is 2.95. The third-order valence-corrected chi connectivity index (χ3v) is 4.42. The molecule has 0 spiro atoms. The minimum atomic E-state index is -0.0204. The van der Waals surface area contributed by atoms with Crippen molar-refractivity contribution in [2.45, 2.75) is 32.9 Å². The number of nitrogens with one attached hydrogen (secondary N) is 1. The third kappa shape index (κ3) is 3.51. The van der Waals surface area contributed by atoms with E-state index in [4.69, 9.17) is 28.8 Å². The number of aromatic nitrogens is 4. The molecule has 3 aromatic rings. The van der Waals surface area contributed by atoms with Gasteiger partial charge < -0.3 is 27.1 Å². The second-order valence-electron chi connectivity index (χ2n) is 6.22. The lowest BCUT2D eigenvalue weighted by Gasteiger charge is -2.10. The Bertz CT molecular complexity index is 934. The van der Waals surface area contributed by atoms with Crippen molar-refractivity contribution in [3.8, 4) is 0 Å².